The van der Waals surface area contributed by atoms with Gasteiger partial charge < -0.3 is 26.2 Å². The number of rotatable bonds is 3. The van der Waals surface area contributed by atoms with Gasteiger partial charge in [-0.2, -0.15) is 12.6 Å². The van der Waals surface area contributed by atoms with E-state index in [0.717, 1.165) is 43.2 Å². The Morgan fingerprint density at radius 2 is 2.04 bits per heavy atom. The van der Waals surface area contributed by atoms with Crippen molar-refractivity contribution in [1.29, 1.82) is 0 Å². The van der Waals surface area contributed by atoms with Gasteiger partial charge in [-0.05, 0) is 78.9 Å². The SMILES string of the molecule is C[C@]12CC[C@@H]3c4c(cc(O)c(O)c4C(N)(CS)C(=O)O)CC[C@H]3[C@@H]1CC[C@@H]2O. The molecule has 3 aliphatic carbocycles. The topological polar surface area (TPSA) is 124 Å². The largest absolute Gasteiger partial charge is 0.504 e. The minimum Gasteiger partial charge on any atom is -0.504 e. The lowest BCUT2D eigenvalue weighted by atomic mass is 9.54. The predicted molar refractivity (Wildman–Crippen MR) is 108 cm³/mol. The molecule has 2 saturated carbocycles. The molecule has 0 amide bonds. The van der Waals surface area contributed by atoms with Crippen LogP contribution in [-0.2, 0) is 16.8 Å². The number of aliphatic carboxylic acids is 1. The number of carboxylic acid groups (broad SMARTS) is 1. The number of carbonyl (C=O) groups is 1. The van der Waals surface area contributed by atoms with Crippen LogP contribution in [0.1, 0.15) is 61.6 Å². The zero-order valence-electron chi connectivity index (χ0n) is 16.1. The first-order valence-corrected chi connectivity index (χ1v) is 10.7. The van der Waals surface area contributed by atoms with Crippen molar-refractivity contribution in [2.45, 2.75) is 63.0 Å². The lowest BCUT2D eigenvalue weighted by Gasteiger charge is -2.51. The molecule has 0 radical (unpaired) electrons. The fraction of sp³-hybridized carbons (Fsp3) is 0.667. The highest BCUT2D eigenvalue weighted by Gasteiger charge is 2.56. The second-order valence-corrected chi connectivity index (χ2v) is 9.50. The van der Waals surface area contributed by atoms with Crippen LogP contribution in [0.3, 0.4) is 0 Å². The van der Waals surface area contributed by atoms with Gasteiger partial charge in [0.15, 0.2) is 17.0 Å². The van der Waals surface area contributed by atoms with Gasteiger partial charge in [0.1, 0.15) is 0 Å². The van der Waals surface area contributed by atoms with Crippen LogP contribution in [0.25, 0.3) is 0 Å². The number of phenols is 2. The smallest absolute Gasteiger partial charge is 0.329 e. The van der Waals surface area contributed by atoms with E-state index in [1.54, 1.807) is 6.07 Å². The number of benzene rings is 1. The second-order valence-electron chi connectivity index (χ2n) is 9.18. The first kappa shape index (κ1) is 19.9. The van der Waals surface area contributed by atoms with E-state index in [4.69, 9.17) is 5.73 Å². The normalized spacial score (nSPS) is 36.1. The molecule has 0 aromatic heterocycles. The molecule has 1 aromatic rings. The van der Waals surface area contributed by atoms with Crippen molar-refractivity contribution < 1.29 is 25.2 Å². The lowest BCUT2D eigenvalue weighted by molar-refractivity contribution is -0.142. The molecule has 7 heteroatoms. The molecule has 6 atom stereocenters. The average Bonchev–Trinajstić information content (AvgIpc) is 2.97. The number of aryl methyl sites for hydroxylation is 1. The minimum absolute atomic E-state index is 0.0655. The molecule has 0 bridgehead atoms. The van der Waals surface area contributed by atoms with Crippen LogP contribution < -0.4 is 5.73 Å². The van der Waals surface area contributed by atoms with Crippen LogP contribution in [0.5, 0.6) is 11.5 Å². The summed E-state index contributed by atoms with van der Waals surface area (Å²) in [5, 5.41) is 41.3. The molecule has 0 heterocycles. The highest BCUT2D eigenvalue weighted by atomic mass is 32.1. The zero-order valence-corrected chi connectivity index (χ0v) is 17.0. The molecule has 0 spiro atoms. The van der Waals surface area contributed by atoms with Gasteiger partial charge in [-0.3, -0.25) is 0 Å². The van der Waals surface area contributed by atoms with Crippen LogP contribution >= 0.6 is 12.6 Å². The lowest BCUT2D eigenvalue weighted by Crippen LogP contribution is -2.49. The van der Waals surface area contributed by atoms with E-state index >= 15 is 0 Å². The maximum absolute atomic E-state index is 12.0. The average molecular weight is 408 g/mol. The quantitative estimate of drug-likeness (QED) is 0.338. The maximum Gasteiger partial charge on any atom is 0.329 e. The number of thiol groups is 1. The number of carboxylic acids is 1. The van der Waals surface area contributed by atoms with Crippen molar-refractivity contribution in [1.82, 2.24) is 0 Å². The Kier molecular flexibility index (Phi) is 4.64. The Hall–Kier alpha value is -1.44. The number of hydrogen-bond donors (Lipinski definition) is 6. The van der Waals surface area contributed by atoms with Gasteiger partial charge in [0.25, 0.3) is 0 Å². The van der Waals surface area contributed by atoms with E-state index in [9.17, 15) is 25.2 Å². The monoisotopic (exact) mass is 407 g/mol. The summed E-state index contributed by atoms with van der Waals surface area (Å²) in [6.45, 7) is 2.18. The second kappa shape index (κ2) is 6.54. The standard InChI is InChI=1S/C21H29NO5S/c1-20-7-6-12-11(13(20)4-5-15(20)24)3-2-10-8-14(23)18(25)17(16(10)12)21(22,9-28)19(26)27/h8,11-13,15,23-25,28H,2-7,9,22H2,1H3,(H,26,27)/t11-,12+,13+,15+,20+,21?/m1/s1. The Labute approximate surface area is 170 Å². The summed E-state index contributed by atoms with van der Waals surface area (Å²) >= 11 is 4.17. The van der Waals surface area contributed by atoms with Crippen LogP contribution in [0.4, 0.5) is 0 Å². The summed E-state index contributed by atoms with van der Waals surface area (Å²) in [5.41, 5.74) is 6.03. The third-order valence-corrected chi connectivity index (χ3v) is 8.49. The third kappa shape index (κ3) is 2.52. The fourth-order valence-corrected chi connectivity index (χ4v) is 6.70. The Morgan fingerprint density at radius 1 is 1.32 bits per heavy atom. The Morgan fingerprint density at radius 3 is 2.68 bits per heavy atom. The summed E-state index contributed by atoms with van der Waals surface area (Å²) in [7, 11) is 0. The van der Waals surface area contributed by atoms with Crippen molar-refractivity contribution in [2.75, 3.05) is 5.75 Å². The summed E-state index contributed by atoms with van der Waals surface area (Å²) in [5.74, 6) is -1.50. The molecule has 1 aromatic carbocycles. The van der Waals surface area contributed by atoms with E-state index in [2.05, 4.69) is 19.6 Å². The number of aliphatic hydroxyl groups excluding tert-OH is 1. The van der Waals surface area contributed by atoms with Gasteiger partial charge in [-0.25, -0.2) is 4.79 Å². The first-order valence-electron chi connectivity index (χ1n) is 10.0. The highest BCUT2D eigenvalue weighted by Crippen LogP contribution is 2.62. The molecule has 0 aliphatic heterocycles. The molecular formula is C21H29NO5S. The molecule has 154 valence electrons. The van der Waals surface area contributed by atoms with E-state index in [-0.39, 0.29) is 34.5 Å². The van der Waals surface area contributed by atoms with Crippen LogP contribution in [0, 0.1) is 17.3 Å². The van der Waals surface area contributed by atoms with E-state index in [1.165, 1.54) is 0 Å². The molecule has 3 aliphatic rings. The Bertz CT molecular complexity index is 830. The maximum atomic E-state index is 12.0. The number of aromatic hydroxyl groups is 2. The molecular weight excluding hydrogens is 378 g/mol. The number of fused-ring (bicyclic) bond motifs is 5. The van der Waals surface area contributed by atoms with Crippen molar-refractivity contribution in [3.8, 4) is 11.5 Å². The predicted octanol–water partition coefficient (Wildman–Crippen LogP) is 2.48. The van der Waals surface area contributed by atoms with E-state index in [0.29, 0.717) is 18.3 Å². The number of aliphatic hydroxyl groups is 1. The minimum atomic E-state index is -1.88. The molecule has 0 saturated heterocycles. The fourth-order valence-electron chi connectivity index (χ4n) is 6.41. The zero-order chi connectivity index (χ0) is 20.4. The summed E-state index contributed by atoms with van der Waals surface area (Å²) in [6, 6.07) is 1.56. The molecule has 4 rings (SSSR count). The van der Waals surface area contributed by atoms with Gasteiger partial charge in [0.2, 0.25) is 0 Å². The highest BCUT2D eigenvalue weighted by molar-refractivity contribution is 7.80. The molecule has 2 fully saturated rings. The van der Waals surface area contributed by atoms with Crippen molar-refractivity contribution in [3.05, 3.63) is 22.8 Å². The van der Waals surface area contributed by atoms with Crippen molar-refractivity contribution in [2.24, 2.45) is 23.0 Å². The number of phenolic OH excluding ortho intramolecular Hbond substituents is 2. The molecule has 6 nitrogen and oxygen atoms in total. The Balaban J connectivity index is 1.89. The number of hydrogen-bond acceptors (Lipinski definition) is 6. The van der Waals surface area contributed by atoms with Gasteiger partial charge in [0, 0.05) is 11.3 Å². The first-order chi connectivity index (χ1) is 13.1. The number of nitrogens with two attached hydrogens (primary N) is 1. The van der Waals surface area contributed by atoms with Gasteiger partial charge >= 0.3 is 5.97 Å². The summed E-state index contributed by atoms with van der Waals surface area (Å²) in [6.07, 6.45) is 4.76. The van der Waals surface area contributed by atoms with E-state index in [1.807, 2.05) is 0 Å². The molecule has 28 heavy (non-hydrogen) atoms. The van der Waals surface area contributed by atoms with Crippen LogP contribution in [-0.4, -0.2) is 38.3 Å². The van der Waals surface area contributed by atoms with E-state index < -0.39 is 17.3 Å². The van der Waals surface area contributed by atoms with Gasteiger partial charge in [0.05, 0.1) is 6.10 Å². The summed E-state index contributed by atoms with van der Waals surface area (Å²) in [4.78, 5) is 12.0. The summed E-state index contributed by atoms with van der Waals surface area (Å²) < 4.78 is 0. The van der Waals surface area contributed by atoms with Crippen LogP contribution in [0.2, 0.25) is 0 Å². The van der Waals surface area contributed by atoms with Gasteiger partial charge in [-0.15, -0.1) is 0 Å². The van der Waals surface area contributed by atoms with Gasteiger partial charge in [-0.1, -0.05) is 6.92 Å². The van der Waals surface area contributed by atoms with Crippen molar-refractivity contribution >= 4 is 18.6 Å². The van der Waals surface area contributed by atoms with Crippen LogP contribution in [0.15, 0.2) is 6.07 Å². The molecule has 1 unspecified atom stereocenters. The van der Waals surface area contributed by atoms with Crippen molar-refractivity contribution in [3.63, 3.8) is 0 Å². The third-order valence-electron chi connectivity index (χ3n) is 7.99. The molecule has 6 N–H and O–H groups in total.